The fourth-order valence-electron chi connectivity index (χ4n) is 7.35. The molecule has 29 heavy (non-hydrogen) atoms. The molecule has 6 atom stereocenters. The maximum absolute atomic E-state index is 12.6. The molecule has 0 amide bonds. The summed E-state index contributed by atoms with van der Waals surface area (Å²) in [4.78, 5) is 18.0. The summed E-state index contributed by atoms with van der Waals surface area (Å²) in [5.41, 5.74) is 8.16. The minimum absolute atomic E-state index is 0. The number of carbonyl (C=O) groups excluding carboxylic acids is 1. The normalized spacial score (nSPS) is 44.1. The third kappa shape index (κ3) is 3.68. The fourth-order valence-corrected chi connectivity index (χ4v) is 7.35. The molecule has 4 aliphatic carbocycles. The second-order valence-corrected chi connectivity index (χ2v) is 10.0. The predicted molar refractivity (Wildman–Crippen MR) is 117 cm³/mol. The van der Waals surface area contributed by atoms with Crippen LogP contribution in [0.4, 0.5) is 0 Å². The van der Waals surface area contributed by atoms with Crippen molar-refractivity contribution in [2.45, 2.75) is 65.2 Å². The number of oxime groups is 1. The van der Waals surface area contributed by atoms with E-state index < -0.39 is 0 Å². The maximum atomic E-state index is 12.6. The monoisotopic (exact) mass is 424 g/mol. The van der Waals surface area contributed by atoms with Crippen LogP contribution >= 0.6 is 12.4 Å². The number of fused-ring (bicyclic) bond motifs is 5. The Morgan fingerprint density at radius 3 is 2.72 bits per heavy atom. The lowest BCUT2D eigenvalue weighted by molar-refractivity contribution is -0.134. The third-order valence-corrected chi connectivity index (χ3v) is 8.86. The SMILES string of the molecule is C[C@]12CCC(=NOCCN)CC1C(=CCO)C[C@@H]1[C@@H]2CC[C@]2(C)C(=O)CC[C@@H]12.Cl. The van der Waals surface area contributed by atoms with Gasteiger partial charge in [0.05, 0.1) is 12.3 Å². The van der Waals surface area contributed by atoms with Crippen LogP contribution in [0.15, 0.2) is 16.8 Å². The van der Waals surface area contributed by atoms with Gasteiger partial charge < -0.3 is 15.7 Å². The van der Waals surface area contributed by atoms with E-state index in [9.17, 15) is 9.90 Å². The largest absolute Gasteiger partial charge is 0.395 e. The van der Waals surface area contributed by atoms with Crippen molar-refractivity contribution in [3.63, 3.8) is 0 Å². The molecule has 0 heterocycles. The highest BCUT2D eigenvalue weighted by molar-refractivity contribution is 5.87. The van der Waals surface area contributed by atoms with Crippen molar-refractivity contribution in [2.75, 3.05) is 19.8 Å². The highest BCUT2D eigenvalue weighted by Crippen LogP contribution is 2.66. The molecular weight excluding hydrogens is 388 g/mol. The molecule has 0 aromatic rings. The molecular formula is C23H37ClN2O3. The van der Waals surface area contributed by atoms with Gasteiger partial charge in [0, 0.05) is 18.4 Å². The van der Waals surface area contributed by atoms with Gasteiger partial charge in [0.25, 0.3) is 0 Å². The molecule has 164 valence electrons. The lowest BCUT2D eigenvalue weighted by Gasteiger charge is -2.60. The lowest BCUT2D eigenvalue weighted by Crippen LogP contribution is -2.54. The Morgan fingerprint density at radius 1 is 1.21 bits per heavy atom. The molecule has 4 fully saturated rings. The highest BCUT2D eigenvalue weighted by atomic mass is 35.5. The minimum Gasteiger partial charge on any atom is -0.395 e. The summed E-state index contributed by atoms with van der Waals surface area (Å²) >= 11 is 0. The van der Waals surface area contributed by atoms with Gasteiger partial charge in [-0.25, -0.2) is 0 Å². The quantitative estimate of drug-likeness (QED) is 0.407. The zero-order chi connectivity index (χ0) is 19.9. The van der Waals surface area contributed by atoms with Crippen LogP contribution in [0.1, 0.15) is 65.2 Å². The van der Waals surface area contributed by atoms with Crippen molar-refractivity contribution in [1.29, 1.82) is 0 Å². The first kappa shape index (κ1) is 22.8. The van der Waals surface area contributed by atoms with E-state index in [-0.39, 0.29) is 29.8 Å². The summed E-state index contributed by atoms with van der Waals surface area (Å²) in [5, 5.41) is 14.1. The summed E-state index contributed by atoms with van der Waals surface area (Å²) in [5.74, 6) is 2.68. The third-order valence-electron chi connectivity index (χ3n) is 8.86. The van der Waals surface area contributed by atoms with Gasteiger partial charge >= 0.3 is 0 Å². The topological polar surface area (TPSA) is 84.9 Å². The van der Waals surface area contributed by atoms with Crippen molar-refractivity contribution >= 4 is 23.9 Å². The molecule has 0 bridgehead atoms. The van der Waals surface area contributed by atoms with Crippen molar-refractivity contribution in [3.8, 4) is 0 Å². The highest BCUT2D eigenvalue weighted by Gasteiger charge is 2.61. The number of rotatable bonds is 4. The Morgan fingerprint density at radius 2 is 2.00 bits per heavy atom. The van der Waals surface area contributed by atoms with Crippen molar-refractivity contribution in [1.82, 2.24) is 0 Å². The first-order valence-electron chi connectivity index (χ1n) is 11.1. The van der Waals surface area contributed by atoms with Crippen LogP contribution in [0.5, 0.6) is 0 Å². The molecule has 1 unspecified atom stereocenters. The molecule has 0 aromatic carbocycles. The minimum atomic E-state index is -0.105. The van der Waals surface area contributed by atoms with E-state index >= 15 is 0 Å². The van der Waals surface area contributed by atoms with Crippen LogP contribution in [0.25, 0.3) is 0 Å². The predicted octanol–water partition coefficient (Wildman–Crippen LogP) is 3.88. The van der Waals surface area contributed by atoms with Gasteiger partial charge in [-0.2, -0.15) is 0 Å². The van der Waals surface area contributed by atoms with Crippen molar-refractivity contribution in [3.05, 3.63) is 11.6 Å². The van der Waals surface area contributed by atoms with Crippen LogP contribution < -0.4 is 5.73 Å². The van der Waals surface area contributed by atoms with E-state index in [0.29, 0.717) is 42.6 Å². The van der Waals surface area contributed by atoms with E-state index in [1.54, 1.807) is 0 Å². The van der Waals surface area contributed by atoms with Gasteiger partial charge in [0.2, 0.25) is 0 Å². The maximum Gasteiger partial charge on any atom is 0.139 e. The van der Waals surface area contributed by atoms with Gasteiger partial charge in [-0.1, -0.05) is 30.7 Å². The number of halogens is 1. The Hall–Kier alpha value is -0.910. The summed E-state index contributed by atoms with van der Waals surface area (Å²) in [6.45, 7) is 5.74. The first-order chi connectivity index (χ1) is 13.4. The average molecular weight is 425 g/mol. The fraction of sp³-hybridized carbons (Fsp3) is 0.826. The van der Waals surface area contributed by atoms with Gasteiger partial charge in [-0.05, 0) is 74.0 Å². The van der Waals surface area contributed by atoms with Gasteiger partial charge in [-0.3, -0.25) is 4.79 Å². The lowest BCUT2D eigenvalue weighted by atomic mass is 9.44. The van der Waals surface area contributed by atoms with Crippen LogP contribution in [0, 0.1) is 34.5 Å². The number of carbonyl (C=O) groups is 1. The number of nitrogens with zero attached hydrogens (tertiary/aromatic N) is 1. The first-order valence-corrected chi connectivity index (χ1v) is 11.1. The Kier molecular flexibility index (Phi) is 6.82. The zero-order valence-corrected chi connectivity index (χ0v) is 18.7. The van der Waals surface area contributed by atoms with Gasteiger partial charge in [0.15, 0.2) is 0 Å². The number of ketones is 1. The van der Waals surface area contributed by atoms with E-state index in [0.717, 1.165) is 50.7 Å². The molecule has 4 aliphatic rings. The summed E-state index contributed by atoms with van der Waals surface area (Å²) in [7, 11) is 0. The van der Waals surface area contributed by atoms with E-state index in [1.165, 1.54) is 12.0 Å². The molecule has 0 aromatic heterocycles. The smallest absolute Gasteiger partial charge is 0.139 e. The number of allylic oxidation sites excluding steroid dienone is 1. The number of nitrogens with two attached hydrogens (primary N) is 1. The molecule has 0 saturated heterocycles. The zero-order valence-electron chi connectivity index (χ0n) is 17.9. The summed E-state index contributed by atoms with van der Waals surface area (Å²) in [6, 6.07) is 0. The van der Waals surface area contributed by atoms with E-state index in [1.807, 2.05) is 6.08 Å². The number of aliphatic hydroxyl groups excluding tert-OH is 1. The van der Waals surface area contributed by atoms with Crippen molar-refractivity contribution < 1.29 is 14.7 Å². The van der Waals surface area contributed by atoms with Gasteiger partial charge in [0.1, 0.15) is 12.4 Å². The standard InChI is InChI=1S/C23H36N2O3.ClH/c1-22-8-5-16(25-28-12-10-24)14-20(22)15(7-11-26)13-17-18-3-4-21(27)23(18,2)9-6-19(17)22;/h7,17-20,26H,3-6,8-14,24H2,1-2H3;1H/t17-,18-,19-,20?,22+,23-;/m0./s1. The van der Waals surface area contributed by atoms with Crippen molar-refractivity contribution in [2.24, 2.45) is 45.4 Å². The molecule has 4 saturated carbocycles. The van der Waals surface area contributed by atoms with E-state index in [4.69, 9.17) is 10.6 Å². The van der Waals surface area contributed by atoms with Crippen LogP contribution in [-0.2, 0) is 9.63 Å². The van der Waals surface area contributed by atoms with Gasteiger partial charge in [-0.15, -0.1) is 12.4 Å². The number of hydrogen-bond acceptors (Lipinski definition) is 5. The number of hydrogen-bond donors (Lipinski definition) is 2. The van der Waals surface area contributed by atoms with Crippen LogP contribution in [0.2, 0.25) is 0 Å². The molecule has 0 spiro atoms. The Labute approximate surface area is 180 Å². The van der Waals surface area contributed by atoms with Crippen LogP contribution in [0.3, 0.4) is 0 Å². The van der Waals surface area contributed by atoms with E-state index in [2.05, 4.69) is 19.0 Å². The number of aliphatic hydroxyl groups is 1. The molecule has 3 N–H and O–H groups in total. The average Bonchev–Trinajstić information content (AvgIpc) is 2.98. The summed E-state index contributed by atoms with van der Waals surface area (Å²) in [6.07, 6.45) is 10.1. The molecule has 5 nitrogen and oxygen atoms in total. The molecule has 4 rings (SSSR count). The molecule has 6 heteroatoms. The van der Waals surface area contributed by atoms with Crippen LogP contribution in [-0.4, -0.2) is 36.4 Å². The Balaban J connectivity index is 0.00000240. The molecule has 0 aliphatic heterocycles. The molecule has 0 radical (unpaired) electrons. The second-order valence-electron chi connectivity index (χ2n) is 10.0. The Bertz CT molecular complexity index is 694. The number of Topliss-reactive ketones (excluding diaryl/α,β-unsaturated/α-hetero) is 1. The second kappa shape index (κ2) is 8.68. The summed E-state index contributed by atoms with van der Waals surface area (Å²) < 4.78 is 0.